The number of nitrogens with one attached hydrogen (secondary N) is 1. The molecule has 0 bridgehead atoms. The fourth-order valence-corrected chi connectivity index (χ4v) is 4.01. The van der Waals surface area contributed by atoms with E-state index in [1.54, 1.807) is 0 Å². The van der Waals surface area contributed by atoms with Crippen molar-refractivity contribution in [2.45, 2.75) is 42.9 Å². The first-order valence-corrected chi connectivity index (χ1v) is 9.22. The van der Waals surface area contributed by atoms with E-state index in [9.17, 15) is 9.18 Å². The summed E-state index contributed by atoms with van der Waals surface area (Å²) in [6.07, 6.45) is 4.90. The highest BCUT2D eigenvalue weighted by Crippen LogP contribution is 2.48. The molecule has 0 aliphatic heterocycles. The summed E-state index contributed by atoms with van der Waals surface area (Å²) < 4.78 is 13.2. The second-order valence-electron chi connectivity index (χ2n) is 7.41. The minimum atomic E-state index is -0.413. The molecule has 2 saturated carbocycles. The van der Waals surface area contributed by atoms with Crippen molar-refractivity contribution in [2.75, 3.05) is 6.54 Å². The van der Waals surface area contributed by atoms with E-state index in [2.05, 4.69) is 5.32 Å². The maximum absolute atomic E-state index is 13.2. The second kappa shape index (κ2) is 6.14. The fraction of sp³-hybridized carbons (Fsp3) is 0.381. The van der Waals surface area contributed by atoms with Crippen molar-refractivity contribution in [3.05, 3.63) is 70.5 Å². The first-order chi connectivity index (χ1) is 12.0. The Kier molecular flexibility index (Phi) is 4.07. The lowest BCUT2D eigenvalue weighted by Gasteiger charge is -2.41. The predicted octanol–water partition coefficient (Wildman–Crippen LogP) is 4.75. The Morgan fingerprint density at radius 2 is 1.56 bits per heavy atom. The molecular formula is C21H21ClFNO. The Bertz CT molecular complexity index is 777. The number of carbonyl (C=O) groups is 1. The molecule has 1 amide bonds. The van der Waals surface area contributed by atoms with Gasteiger partial charge in [0.25, 0.3) is 0 Å². The van der Waals surface area contributed by atoms with Crippen LogP contribution in [0.4, 0.5) is 4.39 Å². The molecule has 0 radical (unpaired) electrons. The van der Waals surface area contributed by atoms with E-state index in [1.165, 1.54) is 12.1 Å². The number of rotatable bonds is 5. The highest BCUT2D eigenvalue weighted by molar-refractivity contribution is 6.30. The molecule has 2 aromatic rings. The number of hydrogen-bond acceptors (Lipinski definition) is 1. The van der Waals surface area contributed by atoms with E-state index in [1.807, 2.05) is 36.4 Å². The summed E-state index contributed by atoms with van der Waals surface area (Å²) >= 11 is 5.98. The number of hydrogen-bond donors (Lipinski definition) is 1. The number of carbonyl (C=O) groups excluding carboxylic acids is 1. The van der Waals surface area contributed by atoms with Gasteiger partial charge in [-0.3, -0.25) is 4.79 Å². The highest BCUT2D eigenvalue weighted by atomic mass is 35.5. The molecule has 2 aliphatic carbocycles. The summed E-state index contributed by atoms with van der Waals surface area (Å²) in [5.74, 6) is -0.116. The normalized spacial score (nSPS) is 19.8. The van der Waals surface area contributed by atoms with Gasteiger partial charge in [-0.2, -0.15) is 0 Å². The average molecular weight is 358 g/mol. The molecule has 2 aromatic carbocycles. The van der Waals surface area contributed by atoms with Crippen molar-refractivity contribution >= 4 is 17.5 Å². The third-order valence-corrected chi connectivity index (χ3v) is 6.19. The van der Waals surface area contributed by atoms with Crippen LogP contribution in [0, 0.1) is 5.82 Å². The zero-order chi connectivity index (χ0) is 17.5. The van der Waals surface area contributed by atoms with Crippen LogP contribution in [0.5, 0.6) is 0 Å². The molecule has 0 unspecified atom stereocenters. The van der Waals surface area contributed by atoms with Gasteiger partial charge in [-0.15, -0.1) is 0 Å². The van der Waals surface area contributed by atoms with E-state index in [0.29, 0.717) is 11.6 Å². The lowest BCUT2D eigenvalue weighted by molar-refractivity contribution is -0.130. The molecular weight excluding hydrogens is 337 g/mol. The highest BCUT2D eigenvalue weighted by Gasteiger charge is 2.48. The fourth-order valence-electron chi connectivity index (χ4n) is 3.89. The number of benzene rings is 2. The molecule has 4 rings (SSSR count). The topological polar surface area (TPSA) is 29.1 Å². The molecule has 2 fully saturated rings. The van der Waals surface area contributed by atoms with Gasteiger partial charge in [0, 0.05) is 17.0 Å². The van der Waals surface area contributed by atoms with Crippen LogP contribution in [0.3, 0.4) is 0 Å². The zero-order valence-corrected chi connectivity index (χ0v) is 14.8. The Hall–Kier alpha value is -1.87. The second-order valence-corrected chi connectivity index (χ2v) is 7.85. The third kappa shape index (κ3) is 2.95. The number of amides is 1. The van der Waals surface area contributed by atoms with E-state index in [-0.39, 0.29) is 17.1 Å². The van der Waals surface area contributed by atoms with Crippen LogP contribution in [-0.4, -0.2) is 12.5 Å². The Morgan fingerprint density at radius 1 is 0.960 bits per heavy atom. The molecule has 0 atom stereocenters. The monoisotopic (exact) mass is 357 g/mol. The van der Waals surface area contributed by atoms with E-state index in [0.717, 1.165) is 43.2 Å². The summed E-state index contributed by atoms with van der Waals surface area (Å²) in [6, 6.07) is 14.3. The maximum Gasteiger partial charge on any atom is 0.230 e. The van der Waals surface area contributed by atoms with Crippen LogP contribution < -0.4 is 5.32 Å². The summed E-state index contributed by atoms with van der Waals surface area (Å²) in [4.78, 5) is 13.0. The van der Waals surface area contributed by atoms with Gasteiger partial charge < -0.3 is 5.32 Å². The third-order valence-electron chi connectivity index (χ3n) is 5.94. The van der Waals surface area contributed by atoms with Gasteiger partial charge in [0.2, 0.25) is 5.91 Å². The molecule has 0 heterocycles. The van der Waals surface area contributed by atoms with Crippen molar-refractivity contribution < 1.29 is 9.18 Å². The number of halogens is 2. The lowest BCUT2D eigenvalue weighted by atomic mass is 9.63. The van der Waals surface area contributed by atoms with Crippen molar-refractivity contribution in [3.63, 3.8) is 0 Å². The van der Waals surface area contributed by atoms with Crippen LogP contribution in [0.15, 0.2) is 48.5 Å². The van der Waals surface area contributed by atoms with E-state index in [4.69, 9.17) is 11.6 Å². The lowest BCUT2D eigenvalue weighted by Crippen LogP contribution is -2.50. The molecule has 0 spiro atoms. The Labute approximate surface area is 152 Å². The molecule has 4 heteroatoms. The minimum absolute atomic E-state index is 0.0196. The van der Waals surface area contributed by atoms with Gasteiger partial charge in [0.05, 0.1) is 5.41 Å². The minimum Gasteiger partial charge on any atom is -0.354 e. The van der Waals surface area contributed by atoms with Crippen molar-refractivity contribution in [2.24, 2.45) is 0 Å². The van der Waals surface area contributed by atoms with Crippen LogP contribution in [0.25, 0.3) is 0 Å². The molecule has 2 nitrogen and oxygen atoms in total. The Morgan fingerprint density at radius 3 is 2.08 bits per heavy atom. The molecule has 130 valence electrons. The van der Waals surface area contributed by atoms with Crippen LogP contribution in [0.2, 0.25) is 5.02 Å². The summed E-state index contributed by atoms with van der Waals surface area (Å²) in [7, 11) is 0. The van der Waals surface area contributed by atoms with E-state index < -0.39 is 5.41 Å². The van der Waals surface area contributed by atoms with Gasteiger partial charge in [-0.05, 0) is 61.1 Å². The molecule has 25 heavy (non-hydrogen) atoms. The molecule has 2 aliphatic rings. The first-order valence-electron chi connectivity index (χ1n) is 8.85. The zero-order valence-electron chi connectivity index (χ0n) is 14.0. The van der Waals surface area contributed by atoms with Crippen LogP contribution in [-0.2, 0) is 15.6 Å². The van der Waals surface area contributed by atoms with Crippen molar-refractivity contribution in [3.8, 4) is 0 Å². The smallest absolute Gasteiger partial charge is 0.230 e. The largest absolute Gasteiger partial charge is 0.354 e. The van der Waals surface area contributed by atoms with Gasteiger partial charge in [-0.1, -0.05) is 42.3 Å². The summed E-state index contributed by atoms with van der Waals surface area (Å²) in [6.45, 7) is 0.618. The van der Waals surface area contributed by atoms with Crippen molar-refractivity contribution in [1.82, 2.24) is 5.32 Å². The molecule has 0 aromatic heterocycles. The van der Waals surface area contributed by atoms with Gasteiger partial charge in [-0.25, -0.2) is 4.39 Å². The Balaban J connectivity index is 1.48. The first kappa shape index (κ1) is 16.6. The average Bonchev–Trinajstić information content (AvgIpc) is 3.35. The van der Waals surface area contributed by atoms with Gasteiger partial charge in [0.15, 0.2) is 0 Å². The van der Waals surface area contributed by atoms with Crippen molar-refractivity contribution in [1.29, 1.82) is 0 Å². The summed E-state index contributed by atoms with van der Waals surface area (Å²) in [5.41, 5.74) is 1.73. The standard InChI is InChI=1S/C21H21ClFNO/c22-17-6-2-16(3-7-17)21(10-1-11-21)19(25)24-14-20(12-13-20)15-4-8-18(23)9-5-15/h2-9H,1,10-14H2,(H,24,25). The van der Waals surface area contributed by atoms with Crippen LogP contribution in [0.1, 0.15) is 43.2 Å². The molecule has 0 saturated heterocycles. The SMILES string of the molecule is O=C(NCC1(c2ccc(F)cc2)CC1)C1(c2ccc(Cl)cc2)CCC1. The predicted molar refractivity (Wildman–Crippen MR) is 97.3 cm³/mol. The quantitative estimate of drug-likeness (QED) is 0.822. The molecule has 1 N–H and O–H groups in total. The van der Waals surface area contributed by atoms with Crippen LogP contribution >= 0.6 is 11.6 Å². The maximum atomic E-state index is 13.2. The van der Waals surface area contributed by atoms with E-state index >= 15 is 0 Å². The van der Waals surface area contributed by atoms with Gasteiger partial charge >= 0.3 is 0 Å². The van der Waals surface area contributed by atoms with Gasteiger partial charge in [0.1, 0.15) is 5.82 Å². The summed E-state index contributed by atoms with van der Waals surface area (Å²) in [5, 5.41) is 3.88.